The Morgan fingerprint density at radius 2 is 2.12 bits per heavy atom. The number of Topliss-reactive ketones (excluding diaryl/α,β-unsaturated/α-hetero) is 1. The summed E-state index contributed by atoms with van der Waals surface area (Å²) in [7, 11) is 1.71. The second kappa shape index (κ2) is 4.83. The van der Waals surface area contributed by atoms with Crippen molar-refractivity contribution in [3.8, 4) is 0 Å². The molecule has 0 fully saturated rings. The van der Waals surface area contributed by atoms with Crippen molar-refractivity contribution in [1.82, 2.24) is 4.57 Å². The molecule has 3 heteroatoms. The summed E-state index contributed by atoms with van der Waals surface area (Å²) < 4.78 is 7.32. The molecule has 0 spiro atoms. The van der Waals surface area contributed by atoms with Crippen LogP contribution in [0.5, 0.6) is 0 Å². The van der Waals surface area contributed by atoms with Crippen LogP contribution in [-0.4, -0.2) is 23.6 Å². The fourth-order valence-electron chi connectivity index (χ4n) is 2.22. The summed E-state index contributed by atoms with van der Waals surface area (Å²) in [5, 5.41) is 0. The highest BCUT2D eigenvalue weighted by Gasteiger charge is 2.17. The molecule has 88 valence electrons. The van der Waals surface area contributed by atoms with E-state index >= 15 is 0 Å². The van der Waals surface area contributed by atoms with E-state index < -0.39 is 0 Å². The van der Waals surface area contributed by atoms with Crippen molar-refractivity contribution >= 4 is 5.78 Å². The van der Waals surface area contributed by atoms with Gasteiger partial charge in [0.25, 0.3) is 0 Å². The first-order chi connectivity index (χ1) is 7.70. The summed E-state index contributed by atoms with van der Waals surface area (Å²) in [6, 6.07) is 0. The number of hydrogen-bond acceptors (Lipinski definition) is 2. The monoisotopic (exact) mass is 221 g/mol. The molecule has 1 aromatic rings. The predicted octanol–water partition coefficient (Wildman–Crippen LogP) is 2.43. The average molecular weight is 221 g/mol. The molecule has 0 amide bonds. The molecule has 1 aromatic heterocycles. The van der Waals surface area contributed by atoms with Crippen LogP contribution in [0.3, 0.4) is 0 Å². The topological polar surface area (TPSA) is 31.2 Å². The summed E-state index contributed by atoms with van der Waals surface area (Å²) in [4.78, 5) is 11.8. The Morgan fingerprint density at radius 3 is 2.88 bits per heavy atom. The lowest BCUT2D eigenvalue weighted by Gasteiger charge is -2.09. The summed E-state index contributed by atoms with van der Waals surface area (Å²) >= 11 is 0. The van der Waals surface area contributed by atoms with Crippen LogP contribution < -0.4 is 0 Å². The molecule has 0 aliphatic heterocycles. The number of rotatable bonds is 3. The van der Waals surface area contributed by atoms with Gasteiger partial charge in [-0.1, -0.05) is 0 Å². The molecular weight excluding hydrogens is 202 g/mol. The van der Waals surface area contributed by atoms with Crippen LogP contribution in [0.15, 0.2) is 12.4 Å². The maximum absolute atomic E-state index is 11.8. The maximum Gasteiger partial charge on any atom is 0.164 e. The molecule has 0 bridgehead atoms. The molecule has 1 aliphatic rings. The molecular formula is C13H19NO2. The third-order valence-corrected chi connectivity index (χ3v) is 3.23. The summed E-state index contributed by atoms with van der Waals surface area (Å²) in [6.07, 6.45) is 8.18. The van der Waals surface area contributed by atoms with E-state index in [-0.39, 0.29) is 6.10 Å². The molecule has 1 aliphatic carbocycles. The largest absolute Gasteiger partial charge is 0.380 e. The fourth-order valence-corrected chi connectivity index (χ4v) is 2.22. The van der Waals surface area contributed by atoms with Crippen molar-refractivity contribution in [2.75, 3.05) is 7.11 Å². The van der Waals surface area contributed by atoms with E-state index in [2.05, 4.69) is 10.8 Å². The number of nitrogens with zero attached hydrogens (tertiary/aromatic N) is 1. The standard InChI is InChI=1S/C13H19NO2/c1-10(16-2)7-14-8-11-5-3-4-6-13(15)12(11)9-14/h8-10H,3-7H2,1-2H3. The van der Waals surface area contributed by atoms with Crippen LogP contribution in [0.2, 0.25) is 0 Å². The normalized spacial score (nSPS) is 18.0. The van der Waals surface area contributed by atoms with Gasteiger partial charge in [-0.05, 0) is 31.7 Å². The minimum Gasteiger partial charge on any atom is -0.380 e. The molecule has 1 atom stereocenters. The van der Waals surface area contributed by atoms with E-state index in [9.17, 15) is 4.79 Å². The van der Waals surface area contributed by atoms with Gasteiger partial charge in [-0.15, -0.1) is 0 Å². The number of carbonyl (C=O) groups is 1. The van der Waals surface area contributed by atoms with Gasteiger partial charge < -0.3 is 9.30 Å². The predicted molar refractivity (Wildman–Crippen MR) is 62.8 cm³/mol. The number of aryl methyl sites for hydroxylation is 1. The number of ketones is 1. The van der Waals surface area contributed by atoms with E-state index in [1.54, 1.807) is 7.11 Å². The molecule has 0 radical (unpaired) electrons. The van der Waals surface area contributed by atoms with Crippen LogP contribution >= 0.6 is 0 Å². The minimum absolute atomic E-state index is 0.186. The SMILES string of the molecule is COC(C)Cn1cc2c(c1)C(=O)CCCC2. The zero-order valence-electron chi connectivity index (χ0n) is 10.0. The highest BCUT2D eigenvalue weighted by Crippen LogP contribution is 2.21. The van der Waals surface area contributed by atoms with Crippen molar-refractivity contribution in [3.63, 3.8) is 0 Å². The quantitative estimate of drug-likeness (QED) is 0.734. The lowest BCUT2D eigenvalue weighted by Crippen LogP contribution is -2.13. The smallest absolute Gasteiger partial charge is 0.164 e. The third-order valence-electron chi connectivity index (χ3n) is 3.23. The number of methoxy groups -OCH3 is 1. The lowest BCUT2D eigenvalue weighted by atomic mass is 10.1. The molecule has 0 N–H and O–H groups in total. The van der Waals surface area contributed by atoms with Crippen LogP contribution in [0.25, 0.3) is 0 Å². The summed E-state index contributed by atoms with van der Waals surface area (Å²) in [6.45, 7) is 2.85. The first-order valence-electron chi connectivity index (χ1n) is 5.95. The minimum atomic E-state index is 0.186. The molecule has 1 heterocycles. The van der Waals surface area contributed by atoms with Gasteiger partial charge in [-0.2, -0.15) is 0 Å². The first kappa shape index (κ1) is 11.4. The fraction of sp³-hybridized carbons (Fsp3) is 0.615. The van der Waals surface area contributed by atoms with Crippen molar-refractivity contribution in [2.24, 2.45) is 0 Å². The van der Waals surface area contributed by atoms with Gasteiger partial charge in [0.05, 0.1) is 6.10 Å². The Bertz CT molecular complexity index is 381. The summed E-state index contributed by atoms with van der Waals surface area (Å²) in [5.74, 6) is 0.302. The van der Waals surface area contributed by atoms with Crippen LogP contribution in [-0.2, 0) is 17.7 Å². The number of hydrogen-bond donors (Lipinski definition) is 0. The Kier molecular flexibility index (Phi) is 3.44. The van der Waals surface area contributed by atoms with Gasteiger partial charge in [-0.25, -0.2) is 0 Å². The van der Waals surface area contributed by atoms with Crippen LogP contribution in [0, 0.1) is 0 Å². The zero-order chi connectivity index (χ0) is 11.5. The van der Waals surface area contributed by atoms with Gasteiger partial charge in [0.1, 0.15) is 0 Å². The lowest BCUT2D eigenvalue weighted by molar-refractivity contribution is 0.0977. The van der Waals surface area contributed by atoms with Crippen LogP contribution in [0.1, 0.15) is 42.1 Å². The Morgan fingerprint density at radius 1 is 1.38 bits per heavy atom. The number of carbonyl (C=O) groups excluding carboxylic acids is 1. The van der Waals surface area contributed by atoms with Gasteiger partial charge in [-0.3, -0.25) is 4.79 Å². The van der Waals surface area contributed by atoms with E-state index in [0.29, 0.717) is 12.2 Å². The van der Waals surface area contributed by atoms with Crippen molar-refractivity contribution in [3.05, 3.63) is 23.5 Å². The number of ether oxygens (including phenoxy) is 1. The van der Waals surface area contributed by atoms with Crippen LogP contribution in [0.4, 0.5) is 0 Å². The summed E-state index contributed by atoms with van der Waals surface area (Å²) in [5.41, 5.74) is 2.15. The van der Waals surface area contributed by atoms with Crippen molar-refractivity contribution in [1.29, 1.82) is 0 Å². The van der Waals surface area contributed by atoms with E-state index in [4.69, 9.17) is 4.74 Å². The second-order valence-corrected chi connectivity index (χ2v) is 4.57. The molecule has 0 saturated heterocycles. The van der Waals surface area contributed by atoms with E-state index in [1.165, 1.54) is 5.56 Å². The Balaban J connectivity index is 2.19. The third kappa shape index (κ3) is 2.35. The molecule has 16 heavy (non-hydrogen) atoms. The van der Waals surface area contributed by atoms with Gasteiger partial charge in [0, 0.05) is 38.0 Å². The zero-order valence-corrected chi connectivity index (χ0v) is 10.0. The first-order valence-corrected chi connectivity index (χ1v) is 5.95. The second-order valence-electron chi connectivity index (χ2n) is 4.57. The highest BCUT2D eigenvalue weighted by atomic mass is 16.5. The molecule has 0 aromatic carbocycles. The maximum atomic E-state index is 11.8. The Hall–Kier alpha value is -1.09. The van der Waals surface area contributed by atoms with Gasteiger partial charge in [0.15, 0.2) is 5.78 Å². The molecule has 2 rings (SSSR count). The van der Waals surface area contributed by atoms with Crippen molar-refractivity contribution < 1.29 is 9.53 Å². The Labute approximate surface area is 96.4 Å². The molecule has 3 nitrogen and oxygen atoms in total. The highest BCUT2D eigenvalue weighted by molar-refractivity contribution is 5.97. The van der Waals surface area contributed by atoms with Gasteiger partial charge >= 0.3 is 0 Å². The van der Waals surface area contributed by atoms with E-state index in [1.807, 2.05) is 13.1 Å². The number of fused-ring (bicyclic) bond motifs is 1. The number of aromatic nitrogens is 1. The van der Waals surface area contributed by atoms with E-state index in [0.717, 1.165) is 31.4 Å². The molecule has 0 saturated carbocycles. The molecule has 1 unspecified atom stereocenters. The van der Waals surface area contributed by atoms with Crippen molar-refractivity contribution in [2.45, 2.75) is 45.3 Å². The average Bonchev–Trinajstić information content (AvgIpc) is 2.59. The van der Waals surface area contributed by atoms with Gasteiger partial charge in [0.2, 0.25) is 0 Å².